The van der Waals surface area contributed by atoms with Gasteiger partial charge in [-0.25, -0.2) is 0 Å². The van der Waals surface area contributed by atoms with Gasteiger partial charge in [0.15, 0.2) is 4.77 Å². The van der Waals surface area contributed by atoms with Crippen molar-refractivity contribution in [3.8, 4) is 0 Å². The number of nitrogens with one attached hydrogen (secondary N) is 1. The van der Waals surface area contributed by atoms with Gasteiger partial charge in [0, 0.05) is 12.0 Å². The van der Waals surface area contributed by atoms with E-state index in [2.05, 4.69) is 65.0 Å². The van der Waals surface area contributed by atoms with Crippen LogP contribution < -0.4 is 0 Å². The molecule has 1 aromatic heterocycles. The van der Waals surface area contributed by atoms with Gasteiger partial charge in [0.2, 0.25) is 0 Å². The number of fused-ring (bicyclic) bond motifs is 1. The van der Waals surface area contributed by atoms with E-state index in [1.165, 1.54) is 23.1 Å². The number of aromatic nitrogens is 2. The highest BCUT2D eigenvalue weighted by molar-refractivity contribution is 7.71. The number of aryl methyl sites for hydroxylation is 1. The third-order valence-electron chi connectivity index (χ3n) is 4.19. The molecule has 0 saturated heterocycles. The molecule has 4 rings (SSSR count). The lowest BCUT2D eigenvalue weighted by molar-refractivity contribution is 0.728. The molecular formula is C17H16N2S. The molecule has 1 aliphatic carbocycles. The van der Waals surface area contributed by atoms with Crippen molar-refractivity contribution in [2.45, 2.75) is 25.3 Å². The zero-order valence-corrected chi connectivity index (χ0v) is 12.2. The number of benzene rings is 2. The summed E-state index contributed by atoms with van der Waals surface area (Å²) in [5.74, 6) is 0.600. The lowest BCUT2D eigenvalue weighted by atomic mass is 10.1. The van der Waals surface area contributed by atoms with Crippen LogP contribution in [0, 0.1) is 11.7 Å². The maximum Gasteiger partial charge on any atom is 0.178 e. The fraction of sp³-hybridized carbons (Fsp3) is 0.235. The van der Waals surface area contributed by atoms with Crippen LogP contribution in [0.25, 0.3) is 11.0 Å². The van der Waals surface area contributed by atoms with Crippen molar-refractivity contribution in [1.82, 2.24) is 9.55 Å². The number of rotatable bonds is 2. The third kappa shape index (κ3) is 1.81. The fourth-order valence-corrected chi connectivity index (χ4v) is 3.44. The predicted octanol–water partition coefficient (Wildman–Crippen LogP) is 4.74. The summed E-state index contributed by atoms with van der Waals surface area (Å²) in [6.45, 7) is 2.11. The van der Waals surface area contributed by atoms with Gasteiger partial charge in [0.1, 0.15) is 0 Å². The summed E-state index contributed by atoms with van der Waals surface area (Å²) < 4.78 is 3.14. The molecule has 0 aliphatic heterocycles. The molecule has 3 aromatic rings. The lowest BCUT2D eigenvalue weighted by Crippen LogP contribution is -1.96. The van der Waals surface area contributed by atoms with Crippen molar-refractivity contribution in [2.24, 2.45) is 0 Å². The van der Waals surface area contributed by atoms with E-state index < -0.39 is 0 Å². The molecule has 2 nitrogen and oxygen atoms in total. The molecule has 3 heteroatoms. The molecule has 1 N–H and O–H groups in total. The fourth-order valence-electron chi connectivity index (χ4n) is 3.10. The Balaban J connectivity index is 1.78. The van der Waals surface area contributed by atoms with Gasteiger partial charge >= 0.3 is 0 Å². The Morgan fingerprint density at radius 2 is 1.95 bits per heavy atom. The van der Waals surface area contributed by atoms with Gasteiger partial charge < -0.3 is 9.55 Å². The minimum absolute atomic E-state index is 0.501. The van der Waals surface area contributed by atoms with E-state index in [0.29, 0.717) is 12.0 Å². The molecule has 2 unspecified atom stereocenters. The van der Waals surface area contributed by atoms with Crippen molar-refractivity contribution < 1.29 is 0 Å². The quantitative estimate of drug-likeness (QED) is 0.673. The minimum Gasteiger partial charge on any atom is -0.331 e. The van der Waals surface area contributed by atoms with Crippen molar-refractivity contribution in [3.05, 3.63) is 64.4 Å². The van der Waals surface area contributed by atoms with Gasteiger partial charge in [-0.15, -0.1) is 0 Å². The Morgan fingerprint density at radius 1 is 1.15 bits per heavy atom. The van der Waals surface area contributed by atoms with Crippen LogP contribution in [0.1, 0.15) is 29.5 Å². The summed E-state index contributed by atoms with van der Waals surface area (Å²) >= 11 is 5.52. The average molecular weight is 280 g/mol. The van der Waals surface area contributed by atoms with E-state index in [0.717, 1.165) is 10.3 Å². The lowest BCUT2D eigenvalue weighted by Gasteiger charge is -2.04. The van der Waals surface area contributed by atoms with Gasteiger partial charge in [-0.3, -0.25) is 0 Å². The van der Waals surface area contributed by atoms with Gasteiger partial charge in [0.05, 0.1) is 11.0 Å². The highest BCUT2D eigenvalue weighted by atomic mass is 32.1. The number of H-pyrrole nitrogens is 1. The largest absolute Gasteiger partial charge is 0.331 e. The number of imidazole rings is 1. The van der Waals surface area contributed by atoms with E-state index >= 15 is 0 Å². The summed E-state index contributed by atoms with van der Waals surface area (Å²) in [5, 5.41) is 0. The molecule has 1 fully saturated rings. The standard InChI is InChI=1S/C17H16N2S/c1-11-7-8-15-14(9-11)18-17(20)19(15)16-10-13(16)12-5-3-2-4-6-12/h2-9,13,16H,10H2,1H3,(H,18,20). The Morgan fingerprint density at radius 3 is 2.75 bits per heavy atom. The number of aromatic amines is 1. The predicted molar refractivity (Wildman–Crippen MR) is 84.7 cm³/mol. The second-order valence-electron chi connectivity index (χ2n) is 5.64. The Bertz CT molecular complexity index is 829. The maximum atomic E-state index is 5.52. The molecule has 0 bridgehead atoms. The summed E-state index contributed by atoms with van der Waals surface area (Å²) in [6.07, 6.45) is 1.18. The molecular weight excluding hydrogens is 264 g/mol. The van der Waals surface area contributed by atoms with Gasteiger partial charge in [-0.2, -0.15) is 0 Å². The zero-order valence-electron chi connectivity index (χ0n) is 11.3. The second kappa shape index (κ2) is 4.32. The van der Waals surface area contributed by atoms with E-state index in [9.17, 15) is 0 Å². The molecule has 1 heterocycles. The molecule has 0 spiro atoms. The molecule has 0 amide bonds. The third-order valence-corrected chi connectivity index (χ3v) is 4.49. The summed E-state index contributed by atoms with van der Waals surface area (Å²) in [4.78, 5) is 3.34. The SMILES string of the molecule is Cc1ccc2c(c1)[nH]c(=S)n2C1CC1c1ccccc1. The molecule has 100 valence electrons. The van der Waals surface area contributed by atoms with Crippen LogP contribution in [-0.4, -0.2) is 9.55 Å². The van der Waals surface area contributed by atoms with Gasteiger partial charge in [0.25, 0.3) is 0 Å². The topological polar surface area (TPSA) is 20.7 Å². The second-order valence-corrected chi connectivity index (χ2v) is 6.03. The van der Waals surface area contributed by atoms with Crippen LogP contribution in [0.4, 0.5) is 0 Å². The summed E-state index contributed by atoms with van der Waals surface area (Å²) in [5.41, 5.74) is 5.05. The van der Waals surface area contributed by atoms with E-state index in [4.69, 9.17) is 12.2 Å². The molecule has 20 heavy (non-hydrogen) atoms. The van der Waals surface area contributed by atoms with Crippen LogP contribution in [0.15, 0.2) is 48.5 Å². The molecule has 1 aliphatic rings. The van der Waals surface area contributed by atoms with Crippen LogP contribution in [0.5, 0.6) is 0 Å². The van der Waals surface area contributed by atoms with E-state index in [1.54, 1.807) is 0 Å². The first-order chi connectivity index (χ1) is 9.74. The molecule has 0 radical (unpaired) electrons. The smallest absolute Gasteiger partial charge is 0.178 e. The first-order valence-electron chi connectivity index (χ1n) is 7.00. The number of hydrogen-bond donors (Lipinski definition) is 1. The van der Waals surface area contributed by atoms with Crippen molar-refractivity contribution in [2.75, 3.05) is 0 Å². The van der Waals surface area contributed by atoms with Gasteiger partial charge in [-0.1, -0.05) is 36.4 Å². The Labute approximate surface area is 123 Å². The number of nitrogens with zero attached hydrogens (tertiary/aromatic N) is 1. The first-order valence-corrected chi connectivity index (χ1v) is 7.41. The highest BCUT2D eigenvalue weighted by Crippen LogP contribution is 2.52. The van der Waals surface area contributed by atoms with Gasteiger partial charge in [-0.05, 0) is 48.8 Å². The maximum absolute atomic E-state index is 5.52. The van der Waals surface area contributed by atoms with Crippen molar-refractivity contribution in [3.63, 3.8) is 0 Å². The highest BCUT2D eigenvalue weighted by Gasteiger charge is 2.40. The molecule has 1 saturated carbocycles. The normalized spacial score (nSPS) is 21.2. The average Bonchev–Trinajstić information content (AvgIpc) is 3.16. The van der Waals surface area contributed by atoms with Crippen molar-refractivity contribution >= 4 is 23.3 Å². The number of hydrogen-bond acceptors (Lipinski definition) is 1. The minimum atomic E-state index is 0.501. The van der Waals surface area contributed by atoms with Crippen molar-refractivity contribution in [1.29, 1.82) is 0 Å². The zero-order chi connectivity index (χ0) is 13.7. The Kier molecular flexibility index (Phi) is 2.57. The van der Waals surface area contributed by atoms with Crippen LogP contribution in [0.2, 0.25) is 0 Å². The first kappa shape index (κ1) is 11.9. The monoisotopic (exact) mass is 280 g/mol. The van der Waals surface area contributed by atoms with E-state index in [-0.39, 0.29) is 0 Å². The van der Waals surface area contributed by atoms with Crippen LogP contribution in [-0.2, 0) is 0 Å². The molecule has 2 atom stereocenters. The van der Waals surface area contributed by atoms with Crippen LogP contribution >= 0.6 is 12.2 Å². The molecule has 2 aromatic carbocycles. The van der Waals surface area contributed by atoms with Crippen LogP contribution in [0.3, 0.4) is 0 Å². The summed E-state index contributed by atoms with van der Waals surface area (Å²) in [6, 6.07) is 17.7. The summed E-state index contributed by atoms with van der Waals surface area (Å²) in [7, 11) is 0. The Hall–Kier alpha value is -1.87. The van der Waals surface area contributed by atoms with E-state index in [1.807, 2.05) is 0 Å².